The third-order valence-corrected chi connectivity index (χ3v) is 7.13. The fourth-order valence-electron chi connectivity index (χ4n) is 3.78. The van der Waals surface area contributed by atoms with Crippen molar-refractivity contribution in [3.8, 4) is 5.75 Å². The number of methoxy groups -OCH3 is 1. The quantitative estimate of drug-likeness (QED) is 0.689. The Hall–Kier alpha value is -2.65. The molecular weight excluding hydrogens is 390 g/mol. The highest BCUT2D eigenvalue weighted by atomic mass is 32.2. The van der Waals surface area contributed by atoms with Crippen LogP contribution >= 0.6 is 0 Å². The number of benzene rings is 1. The van der Waals surface area contributed by atoms with Gasteiger partial charge in [0.1, 0.15) is 16.2 Å². The highest BCUT2D eigenvalue weighted by Gasteiger charge is 2.30. The van der Waals surface area contributed by atoms with Crippen LogP contribution in [0, 0.1) is 6.92 Å². The van der Waals surface area contributed by atoms with Crippen LogP contribution in [-0.4, -0.2) is 53.7 Å². The Morgan fingerprint density at radius 2 is 2.00 bits per heavy atom. The summed E-state index contributed by atoms with van der Waals surface area (Å²) >= 11 is 0. The van der Waals surface area contributed by atoms with Gasteiger partial charge < -0.3 is 10.1 Å². The molecule has 154 valence electrons. The van der Waals surface area contributed by atoms with Gasteiger partial charge in [0.25, 0.3) is 0 Å². The minimum atomic E-state index is -3.49. The molecule has 0 unspecified atom stereocenters. The number of para-hydroxylation sites is 1. The Morgan fingerprint density at radius 1 is 1.24 bits per heavy atom. The number of ether oxygens (including phenoxy) is 1. The SMILES string of the molecule is COc1cccc2c(NC3CCN(S(=O)(=O)c4cnn(C)c4)CC3)cc(C)nc12. The van der Waals surface area contributed by atoms with E-state index in [-0.39, 0.29) is 10.9 Å². The van der Waals surface area contributed by atoms with E-state index in [9.17, 15) is 8.42 Å². The van der Waals surface area contributed by atoms with Gasteiger partial charge in [-0.1, -0.05) is 12.1 Å². The van der Waals surface area contributed by atoms with Crippen LogP contribution in [0.2, 0.25) is 0 Å². The summed E-state index contributed by atoms with van der Waals surface area (Å²) in [7, 11) is -0.136. The third-order valence-electron chi connectivity index (χ3n) is 5.28. The maximum absolute atomic E-state index is 12.8. The summed E-state index contributed by atoms with van der Waals surface area (Å²) in [4.78, 5) is 4.86. The van der Waals surface area contributed by atoms with Gasteiger partial charge in [0.2, 0.25) is 10.0 Å². The van der Waals surface area contributed by atoms with Crippen molar-refractivity contribution in [2.75, 3.05) is 25.5 Å². The molecule has 1 aliphatic rings. The van der Waals surface area contributed by atoms with E-state index < -0.39 is 10.0 Å². The topological polar surface area (TPSA) is 89.4 Å². The lowest BCUT2D eigenvalue weighted by Crippen LogP contribution is -2.42. The molecule has 0 saturated carbocycles. The van der Waals surface area contributed by atoms with Gasteiger partial charge in [-0.3, -0.25) is 4.68 Å². The molecule has 3 aromatic rings. The number of aryl methyl sites for hydroxylation is 2. The van der Waals surface area contributed by atoms with Crippen LogP contribution in [-0.2, 0) is 17.1 Å². The Kier molecular flexibility index (Phi) is 5.18. The fourth-order valence-corrected chi connectivity index (χ4v) is 5.23. The molecule has 0 radical (unpaired) electrons. The number of rotatable bonds is 5. The van der Waals surface area contributed by atoms with Crippen molar-refractivity contribution in [3.63, 3.8) is 0 Å². The predicted octanol–water partition coefficient (Wildman–Crippen LogP) is 2.55. The lowest BCUT2D eigenvalue weighted by atomic mass is 10.0. The fraction of sp³-hybridized carbons (Fsp3) is 0.400. The molecular formula is C20H25N5O3S. The number of fused-ring (bicyclic) bond motifs is 1. The second-order valence-electron chi connectivity index (χ2n) is 7.34. The number of aromatic nitrogens is 3. The van der Waals surface area contributed by atoms with Gasteiger partial charge in [-0.05, 0) is 31.9 Å². The highest BCUT2D eigenvalue weighted by molar-refractivity contribution is 7.89. The third kappa shape index (κ3) is 3.79. The number of nitrogens with zero attached hydrogens (tertiary/aromatic N) is 4. The van der Waals surface area contributed by atoms with Gasteiger partial charge in [0, 0.05) is 49.1 Å². The zero-order valence-electron chi connectivity index (χ0n) is 16.8. The van der Waals surface area contributed by atoms with Crippen LogP contribution in [0.5, 0.6) is 5.75 Å². The van der Waals surface area contributed by atoms with E-state index >= 15 is 0 Å². The average Bonchev–Trinajstić information content (AvgIpc) is 3.15. The van der Waals surface area contributed by atoms with Crippen LogP contribution in [0.15, 0.2) is 41.6 Å². The molecule has 3 heterocycles. The first-order valence-corrected chi connectivity index (χ1v) is 11.0. The van der Waals surface area contributed by atoms with Gasteiger partial charge in [-0.2, -0.15) is 9.40 Å². The summed E-state index contributed by atoms with van der Waals surface area (Å²) in [6, 6.07) is 8.09. The molecule has 0 atom stereocenters. The number of hydrogen-bond acceptors (Lipinski definition) is 6. The van der Waals surface area contributed by atoms with Crippen molar-refractivity contribution in [1.82, 2.24) is 19.1 Å². The minimum absolute atomic E-state index is 0.187. The smallest absolute Gasteiger partial charge is 0.246 e. The minimum Gasteiger partial charge on any atom is -0.494 e. The van der Waals surface area contributed by atoms with Crippen LogP contribution in [0.1, 0.15) is 18.5 Å². The van der Waals surface area contributed by atoms with E-state index in [1.165, 1.54) is 10.9 Å². The van der Waals surface area contributed by atoms with Crippen molar-refractivity contribution in [2.45, 2.75) is 30.7 Å². The second kappa shape index (κ2) is 7.64. The molecule has 29 heavy (non-hydrogen) atoms. The molecule has 1 fully saturated rings. The monoisotopic (exact) mass is 415 g/mol. The van der Waals surface area contributed by atoms with E-state index in [1.807, 2.05) is 31.2 Å². The van der Waals surface area contributed by atoms with E-state index in [0.717, 1.165) is 40.9 Å². The van der Waals surface area contributed by atoms with Gasteiger partial charge in [0.15, 0.2) is 0 Å². The Bertz CT molecular complexity index is 1130. The first-order valence-electron chi connectivity index (χ1n) is 9.58. The molecule has 4 rings (SSSR count). The van der Waals surface area contributed by atoms with Crippen LogP contribution in [0.3, 0.4) is 0 Å². The van der Waals surface area contributed by atoms with Crippen molar-refractivity contribution in [3.05, 3.63) is 42.4 Å². The van der Waals surface area contributed by atoms with E-state index in [1.54, 1.807) is 24.7 Å². The summed E-state index contributed by atoms with van der Waals surface area (Å²) in [6.07, 6.45) is 4.40. The zero-order chi connectivity index (χ0) is 20.6. The van der Waals surface area contributed by atoms with E-state index in [0.29, 0.717) is 13.1 Å². The van der Waals surface area contributed by atoms with Crippen LogP contribution in [0.25, 0.3) is 10.9 Å². The Labute approximate surface area is 170 Å². The Balaban J connectivity index is 1.51. The van der Waals surface area contributed by atoms with Crippen LogP contribution in [0.4, 0.5) is 5.69 Å². The number of piperidine rings is 1. The largest absolute Gasteiger partial charge is 0.494 e. The molecule has 1 aromatic carbocycles. The van der Waals surface area contributed by atoms with Crippen molar-refractivity contribution in [1.29, 1.82) is 0 Å². The zero-order valence-corrected chi connectivity index (χ0v) is 17.6. The van der Waals surface area contributed by atoms with Gasteiger partial charge in [0.05, 0.1) is 13.3 Å². The maximum atomic E-state index is 12.8. The number of hydrogen-bond donors (Lipinski definition) is 1. The lowest BCUT2D eigenvalue weighted by molar-refractivity contribution is 0.330. The number of sulfonamides is 1. The van der Waals surface area contributed by atoms with Crippen molar-refractivity contribution >= 4 is 26.6 Å². The molecule has 1 N–H and O–H groups in total. The maximum Gasteiger partial charge on any atom is 0.246 e. The summed E-state index contributed by atoms with van der Waals surface area (Å²) in [5, 5.41) is 8.58. The van der Waals surface area contributed by atoms with Crippen LogP contribution < -0.4 is 10.1 Å². The highest BCUT2D eigenvalue weighted by Crippen LogP contribution is 2.31. The number of pyridine rings is 1. The van der Waals surface area contributed by atoms with Crippen molar-refractivity contribution < 1.29 is 13.2 Å². The van der Waals surface area contributed by atoms with E-state index in [4.69, 9.17) is 4.74 Å². The molecule has 1 saturated heterocycles. The molecule has 1 aliphatic heterocycles. The molecule has 9 heteroatoms. The van der Waals surface area contributed by atoms with Gasteiger partial charge >= 0.3 is 0 Å². The van der Waals surface area contributed by atoms with Gasteiger partial charge in [-0.15, -0.1) is 0 Å². The first-order chi connectivity index (χ1) is 13.9. The first kappa shape index (κ1) is 19.7. The molecule has 2 aromatic heterocycles. The predicted molar refractivity (Wildman–Crippen MR) is 112 cm³/mol. The summed E-state index contributed by atoms with van der Waals surface area (Å²) in [6.45, 7) is 2.90. The molecule has 0 amide bonds. The Morgan fingerprint density at radius 3 is 2.66 bits per heavy atom. The molecule has 8 nitrogen and oxygen atoms in total. The summed E-state index contributed by atoms with van der Waals surface area (Å²) < 4.78 is 34.1. The average molecular weight is 416 g/mol. The lowest BCUT2D eigenvalue weighted by Gasteiger charge is -2.32. The van der Waals surface area contributed by atoms with Gasteiger partial charge in [-0.25, -0.2) is 13.4 Å². The van der Waals surface area contributed by atoms with E-state index in [2.05, 4.69) is 15.4 Å². The summed E-state index contributed by atoms with van der Waals surface area (Å²) in [5.74, 6) is 0.742. The molecule has 0 spiro atoms. The standard InChI is InChI=1S/C20H25N5O3S/c1-14-11-18(17-5-4-6-19(28-3)20(17)22-14)23-15-7-9-25(10-8-15)29(26,27)16-12-21-24(2)13-16/h4-6,11-13,15H,7-10H2,1-3H3,(H,22,23). The normalized spacial score (nSPS) is 16.2. The summed E-state index contributed by atoms with van der Waals surface area (Å²) in [5.41, 5.74) is 2.73. The number of nitrogens with one attached hydrogen (secondary N) is 1. The molecule has 0 bridgehead atoms. The number of anilines is 1. The molecule has 0 aliphatic carbocycles. The second-order valence-corrected chi connectivity index (χ2v) is 9.28. The van der Waals surface area contributed by atoms with Crippen molar-refractivity contribution in [2.24, 2.45) is 7.05 Å².